The Bertz CT molecular complexity index is 1520. The molecule has 2 aliphatic rings. The summed E-state index contributed by atoms with van der Waals surface area (Å²) in [5.74, 6) is 1.30. The minimum Gasteiger partial charge on any atom is -0.270 e. The molecule has 1 aromatic heterocycles. The predicted molar refractivity (Wildman–Crippen MR) is 167 cm³/mol. The number of rotatable bonds is 4. The summed E-state index contributed by atoms with van der Waals surface area (Å²) in [6.45, 7) is 0.929. The van der Waals surface area contributed by atoms with Crippen LogP contribution in [0.3, 0.4) is 0 Å². The highest BCUT2D eigenvalue weighted by Crippen LogP contribution is 2.31. The monoisotopic (exact) mass is 664 g/mol. The molecule has 6 rings (SSSR count). The van der Waals surface area contributed by atoms with Gasteiger partial charge in [-0.3, -0.25) is 20.9 Å². The number of aliphatic imine (C=N–C) groups is 2. The lowest BCUT2D eigenvalue weighted by Crippen LogP contribution is -2.50. The number of nitrogens with zero attached hydrogens (tertiary/aromatic N) is 6. The van der Waals surface area contributed by atoms with Crippen molar-refractivity contribution in [2.24, 2.45) is 9.98 Å². The van der Waals surface area contributed by atoms with E-state index in [2.05, 4.69) is 62.9 Å². The fourth-order valence-corrected chi connectivity index (χ4v) is 5.27. The van der Waals surface area contributed by atoms with Gasteiger partial charge in [-0.15, -0.1) is 10.2 Å². The third kappa shape index (κ3) is 5.04. The van der Waals surface area contributed by atoms with Crippen molar-refractivity contribution in [3.8, 4) is 0 Å². The van der Waals surface area contributed by atoms with E-state index in [0.717, 1.165) is 42.3 Å². The van der Waals surface area contributed by atoms with Crippen LogP contribution in [0.25, 0.3) is 10.8 Å². The molecule has 188 valence electrons. The summed E-state index contributed by atoms with van der Waals surface area (Å²) in [5, 5.41) is 15.6. The topological polar surface area (TPSA) is 81.0 Å². The summed E-state index contributed by atoms with van der Waals surface area (Å²) in [4.78, 5) is 9.13. The second-order valence-corrected chi connectivity index (χ2v) is 11.1. The second kappa shape index (κ2) is 10.4. The molecule has 0 fully saturated rings. The first-order valence-corrected chi connectivity index (χ1v) is 13.9. The average Bonchev–Trinajstić information content (AvgIpc) is 2.92. The van der Waals surface area contributed by atoms with E-state index in [-0.39, 0.29) is 0 Å². The molecular formula is C26H18Br2N8S2. The van der Waals surface area contributed by atoms with Crippen molar-refractivity contribution >= 4 is 100 Å². The Morgan fingerprint density at radius 2 is 1.00 bits per heavy atom. The first kappa shape index (κ1) is 25.0. The molecule has 2 N–H and O–H groups in total. The lowest BCUT2D eigenvalue weighted by Gasteiger charge is -2.32. The van der Waals surface area contributed by atoms with Crippen molar-refractivity contribution in [2.45, 2.75) is 0 Å². The average molecular weight is 666 g/mol. The lowest BCUT2D eigenvalue weighted by atomic mass is 10.1. The fraction of sp³-hybridized carbons (Fsp3) is 0.0769. The molecule has 8 nitrogen and oxygen atoms in total. The number of thiocarbonyl (C=S) groups is 2. The minimum absolute atomic E-state index is 0.363. The van der Waals surface area contributed by atoms with Crippen LogP contribution in [0.15, 0.2) is 91.7 Å². The molecule has 2 aliphatic heterocycles. The number of benzene rings is 3. The molecular weight excluding hydrogens is 648 g/mol. The molecule has 0 amide bonds. The molecule has 0 spiro atoms. The van der Waals surface area contributed by atoms with Crippen molar-refractivity contribution in [1.29, 1.82) is 0 Å². The molecule has 0 radical (unpaired) electrons. The van der Waals surface area contributed by atoms with E-state index >= 15 is 0 Å². The quantitative estimate of drug-likeness (QED) is 0.283. The number of hydrogen-bond donors (Lipinski definition) is 2. The van der Waals surface area contributed by atoms with Crippen LogP contribution < -0.4 is 20.9 Å². The molecule has 0 bridgehead atoms. The number of nitrogens with one attached hydrogen (secondary N) is 2. The molecule has 3 aromatic carbocycles. The first-order valence-electron chi connectivity index (χ1n) is 11.5. The molecule has 0 unspecified atom stereocenters. The van der Waals surface area contributed by atoms with Crippen LogP contribution in [0.2, 0.25) is 0 Å². The molecule has 0 saturated heterocycles. The van der Waals surface area contributed by atoms with Gasteiger partial charge in [0.25, 0.3) is 0 Å². The Balaban J connectivity index is 1.35. The third-order valence-electron chi connectivity index (χ3n) is 6.06. The zero-order chi connectivity index (χ0) is 26.2. The summed E-state index contributed by atoms with van der Waals surface area (Å²) in [6, 6.07) is 24.0. The zero-order valence-corrected chi connectivity index (χ0v) is 24.4. The van der Waals surface area contributed by atoms with Gasteiger partial charge in [-0.1, -0.05) is 80.4 Å². The van der Waals surface area contributed by atoms with Crippen molar-refractivity contribution in [2.75, 3.05) is 23.1 Å². The van der Waals surface area contributed by atoms with Crippen molar-refractivity contribution in [3.05, 3.63) is 92.9 Å². The molecule has 4 aromatic rings. The van der Waals surface area contributed by atoms with E-state index in [0.29, 0.717) is 35.0 Å². The van der Waals surface area contributed by atoms with Crippen LogP contribution in [0, 0.1) is 0 Å². The van der Waals surface area contributed by atoms with Gasteiger partial charge >= 0.3 is 0 Å². The van der Waals surface area contributed by atoms with E-state index in [4.69, 9.17) is 24.4 Å². The Morgan fingerprint density at radius 3 is 1.39 bits per heavy atom. The van der Waals surface area contributed by atoms with Crippen LogP contribution in [-0.2, 0) is 0 Å². The maximum absolute atomic E-state index is 5.47. The zero-order valence-electron chi connectivity index (χ0n) is 19.6. The van der Waals surface area contributed by atoms with Gasteiger partial charge in [0.2, 0.25) is 10.2 Å². The van der Waals surface area contributed by atoms with Gasteiger partial charge in [0.1, 0.15) is 0 Å². The highest BCUT2D eigenvalue weighted by atomic mass is 79.9. The Labute approximate surface area is 246 Å². The van der Waals surface area contributed by atoms with E-state index < -0.39 is 0 Å². The van der Waals surface area contributed by atoms with Crippen LogP contribution >= 0.6 is 56.3 Å². The van der Waals surface area contributed by atoms with Gasteiger partial charge < -0.3 is 0 Å². The smallest absolute Gasteiger partial charge is 0.212 e. The standard InChI is InChI=1S/C26H18Br2N8S2/c27-17-9-5-15(6-10-17)21-13-35(33-25(37)29-21)23-19-3-1-2-4-20(19)24(32-31-23)36-14-22(30-26(38)34-36)16-7-11-18(28)12-8-16/h1-12H,13-14H2,(H,33,37)(H,34,38). The number of anilines is 2. The van der Waals surface area contributed by atoms with Crippen LogP contribution in [0.4, 0.5) is 11.6 Å². The second-order valence-electron chi connectivity index (χ2n) is 8.53. The van der Waals surface area contributed by atoms with Gasteiger partial charge in [-0.25, -0.2) is 9.98 Å². The number of hydrazine groups is 2. The van der Waals surface area contributed by atoms with E-state index in [1.807, 2.05) is 82.8 Å². The summed E-state index contributed by atoms with van der Waals surface area (Å²) in [5.41, 5.74) is 10.00. The molecule has 0 atom stereocenters. The van der Waals surface area contributed by atoms with Gasteiger partial charge in [-0.2, -0.15) is 0 Å². The summed E-state index contributed by atoms with van der Waals surface area (Å²) >= 11 is 17.9. The minimum atomic E-state index is 0.363. The number of halogens is 2. The third-order valence-corrected chi connectivity index (χ3v) is 7.49. The fourth-order valence-electron chi connectivity index (χ4n) is 4.30. The number of fused-ring (bicyclic) bond motifs is 1. The summed E-state index contributed by atoms with van der Waals surface area (Å²) < 4.78 is 2.00. The van der Waals surface area contributed by atoms with E-state index in [1.54, 1.807) is 0 Å². The molecule has 38 heavy (non-hydrogen) atoms. The Morgan fingerprint density at radius 1 is 0.605 bits per heavy atom. The number of aromatic nitrogens is 2. The predicted octanol–water partition coefficient (Wildman–Crippen LogP) is 5.35. The van der Waals surface area contributed by atoms with Crippen LogP contribution in [0.1, 0.15) is 11.1 Å². The largest absolute Gasteiger partial charge is 0.270 e. The normalized spacial score (nSPS) is 15.6. The Kier molecular flexibility index (Phi) is 6.87. The molecule has 0 aliphatic carbocycles. The van der Waals surface area contributed by atoms with Gasteiger partial charge in [0.15, 0.2) is 11.6 Å². The van der Waals surface area contributed by atoms with Crippen molar-refractivity contribution in [1.82, 2.24) is 21.0 Å². The van der Waals surface area contributed by atoms with Gasteiger partial charge in [0, 0.05) is 19.7 Å². The summed E-state index contributed by atoms with van der Waals surface area (Å²) in [7, 11) is 0. The van der Waals surface area contributed by atoms with E-state index in [1.165, 1.54) is 0 Å². The SMILES string of the molecule is S=C1N=C(c2ccc(Br)cc2)CN(c2nnc(N3CC(c4ccc(Br)cc4)=NC(=S)N3)c3ccccc23)N1. The Hall–Kier alpha value is -3.32. The van der Waals surface area contributed by atoms with Crippen LogP contribution in [0.5, 0.6) is 0 Å². The maximum atomic E-state index is 5.47. The number of hydrogen-bond acceptors (Lipinski definition) is 6. The van der Waals surface area contributed by atoms with Gasteiger partial charge in [0.05, 0.1) is 24.5 Å². The summed E-state index contributed by atoms with van der Waals surface area (Å²) in [6.07, 6.45) is 0. The molecule has 12 heteroatoms. The highest BCUT2D eigenvalue weighted by Gasteiger charge is 2.26. The van der Waals surface area contributed by atoms with Gasteiger partial charge in [-0.05, 0) is 59.8 Å². The first-order chi connectivity index (χ1) is 18.4. The van der Waals surface area contributed by atoms with E-state index in [9.17, 15) is 0 Å². The molecule has 0 saturated carbocycles. The van der Waals surface area contributed by atoms with Crippen molar-refractivity contribution < 1.29 is 0 Å². The maximum Gasteiger partial charge on any atom is 0.212 e. The highest BCUT2D eigenvalue weighted by molar-refractivity contribution is 9.10. The van der Waals surface area contributed by atoms with Crippen molar-refractivity contribution in [3.63, 3.8) is 0 Å². The van der Waals surface area contributed by atoms with Crippen LogP contribution in [-0.4, -0.2) is 44.9 Å². The molecule has 3 heterocycles. The lowest BCUT2D eigenvalue weighted by molar-refractivity contribution is 0.774.